The van der Waals surface area contributed by atoms with Crippen LogP contribution in [0.25, 0.3) is 0 Å². The van der Waals surface area contributed by atoms with Crippen molar-refractivity contribution in [3.63, 3.8) is 0 Å². The third-order valence-corrected chi connectivity index (χ3v) is 7.77. The monoisotopic (exact) mass is 540 g/mol. The Morgan fingerprint density at radius 3 is 2.31 bits per heavy atom. The number of piperidine rings is 1. The lowest BCUT2D eigenvalue weighted by Crippen LogP contribution is -2.48. The highest BCUT2D eigenvalue weighted by molar-refractivity contribution is 5.99. The average molecular weight is 541 g/mol. The normalized spacial score (nSPS) is 20.6. The number of amides is 1. The first-order valence-corrected chi connectivity index (χ1v) is 13.2. The van der Waals surface area contributed by atoms with E-state index in [1.807, 2.05) is 30.3 Å². The van der Waals surface area contributed by atoms with Crippen molar-refractivity contribution in [3.8, 4) is 0 Å². The maximum Gasteiger partial charge on any atom is 0.410 e. The molecule has 2 aliphatic heterocycles. The number of carbonyl (C=O) groups excluding carboxylic acids is 2. The molecule has 1 aromatic heterocycles. The summed E-state index contributed by atoms with van der Waals surface area (Å²) in [4.78, 5) is 28.3. The van der Waals surface area contributed by atoms with Crippen LogP contribution in [-0.4, -0.2) is 52.4 Å². The molecule has 3 heterocycles. The summed E-state index contributed by atoms with van der Waals surface area (Å²) in [5.74, 6) is -0.631. The van der Waals surface area contributed by atoms with Gasteiger partial charge in [0, 0.05) is 19.5 Å². The van der Waals surface area contributed by atoms with Gasteiger partial charge in [0.25, 0.3) is 5.91 Å². The van der Waals surface area contributed by atoms with Crippen molar-refractivity contribution in [3.05, 3.63) is 83.6 Å². The largest absolute Gasteiger partial charge is 0.466 e. The third kappa shape index (κ3) is 5.37. The highest BCUT2D eigenvalue weighted by Crippen LogP contribution is 2.45. The van der Waals surface area contributed by atoms with Crippen LogP contribution in [0.5, 0.6) is 0 Å². The average Bonchev–Trinajstić information content (AvgIpc) is 3.37. The van der Waals surface area contributed by atoms with E-state index >= 15 is 0 Å². The molecule has 7 nitrogen and oxygen atoms in total. The summed E-state index contributed by atoms with van der Waals surface area (Å²) in [7, 11) is 0. The number of halogens is 3. The number of hydrogen-bond acceptors (Lipinski definition) is 5. The molecule has 0 radical (unpaired) electrons. The highest BCUT2D eigenvalue weighted by atomic mass is 19.4. The van der Waals surface area contributed by atoms with E-state index < -0.39 is 29.6 Å². The number of aromatic nitrogens is 2. The molecule has 1 saturated heterocycles. The summed E-state index contributed by atoms with van der Waals surface area (Å²) < 4.78 is 48.5. The van der Waals surface area contributed by atoms with Crippen molar-refractivity contribution in [2.24, 2.45) is 5.41 Å². The number of alkyl halides is 3. The number of hydrogen-bond donors (Lipinski definition) is 1. The van der Waals surface area contributed by atoms with Gasteiger partial charge < -0.3 is 15.0 Å². The Hall–Kier alpha value is -3.82. The number of benzene rings is 2. The van der Waals surface area contributed by atoms with Gasteiger partial charge >= 0.3 is 12.1 Å². The zero-order valence-electron chi connectivity index (χ0n) is 21.7. The molecule has 2 aliphatic rings. The second kappa shape index (κ2) is 10.7. The third-order valence-electron chi connectivity index (χ3n) is 7.77. The highest BCUT2D eigenvalue weighted by Gasteiger charge is 2.48. The van der Waals surface area contributed by atoms with Gasteiger partial charge in [-0.15, -0.1) is 0 Å². The lowest BCUT2D eigenvalue weighted by molar-refractivity contribution is -0.173. The molecule has 2 unspecified atom stereocenters. The van der Waals surface area contributed by atoms with Gasteiger partial charge in [0.1, 0.15) is 11.4 Å². The molecule has 1 amide bonds. The Balaban J connectivity index is 1.38. The Morgan fingerprint density at radius 1 is 1.05 bits per heavy atom. The maximum atomic E-state index is 14.0. The van der Waals surface area contributed by atoms with E-state index in [0.29, 0.717) is 24.8 Å². The number of nitrogens with one attached hydrogen (secondary N) is 1. The van der Waals surface area contributed by atoms with Gasteiger partial charge in [-0.25, -0.2) is 4.68 Å². The molecule has 0 aliphatic carbocycles. The Morgan fingerprint density at radius 2 is 1.69 bits per heavy atom. The van der Waals surface area contributed by atoms with Crippen LogP contribution in [-0.2, 0) is 16.0 Å². The summed E-state index contributed by atoms with van der Waals surface area (Å²) in [6.45, 7) is 2.58. The van der Waals surface area contributed by atoms with Crippen LogP contribution in [0.2, 0.25) is 0 Å². The standard InChI is InChI=1S/C29H31F3N4O3/c1-2-39-27(38)28(18-20-9-5-3-6-10-20)13-15-35(16-14-28)26(37)22-19-33-36-24(29(30,31)32)17-23(34-25(22)36)21-11-7-4-8-12-21/h3-12,19,23-24,34H,2,13-18H2,1H3. The van der Waals surface area contributed by atoms with E-state index in [1.165, 1.54) is 6.20 Å². The number of esters is 1. The molecule has 0 spiro atoms. The summed E-state index contributed by atoms with van der Waals surface area (Å²) in [6.07, 6.45) is -2.28. The van der Waals surface area contributed by atoms with E-state index in [9.17, 15) is 22.8 Å². The molecule has 5 rings (SSSR count). The quantitative estimate of drug-likeness (QED) is 0.414. The van der Waals surface area contributed by atoms with Crippen LogP contribution >= 0.6 is 0 Å². The molecule has 2 atom stereocenters. The maximum absolute atomic E-state index is 14.0. The summed E-state index contributed by atoms with van der Waals surface area (Å²) >= 11 is 0. The summed E-state index contributed by atoms with van der Waals surface area (Å²) in [5.41, 5.74) is 1.03. The van der Waals surface area contributed by atoms with Gasteiger partial charge in [-0.2, -0.15) is 18.3 Å². The van der Waals surface area contributed by atoms with Crippen molar-refractivity contribution in [1.82, 2.24) is 14.7 Å². The zero-order chi connectivity index (χ0) is 27.6. The lowest BCUT2D eigenvalue weighted by Gasteiger charge is -2.40. The summed E-state index contributed by atoms with van der Waals surface area (Å²) in [6, 6.07) is 16.1. The van der Waals surface area contributed by atoms with Crippen molar-refractivity contribution < 1.29 is 27.5 Å². The molecule has 39 heavy (non-hydrogen) atoms. The topological polar surface area (TPSA) is 76.5 Å². The van der Waals surface area contributed by atoms with Crippen molar-refractivity contribution in [2.45, 2.75) is 50.9 Å². The first-order valence-electron chi connectivity index (χ1n) is 13.2. The minimum atomic E-state index is -4.53. The fraction of sp³-hybridized carbons (Fsp3) is 0.414. The van der Waals surface area contributed by atoms with Crippen LogP contribution in [0, 0.1) is 5.41 Å². The molecule has 0 bridgehead atoms. The van der Waals surface area contributed by atoms with E-state index in [-0.39, 0.29) is 43.5 Å². The molecule has 2 aromatic carbocycles. The van der Waals surface area contributed by atoms with E-state index in [4.69, 9.17) is 4.74 Å². The van der Waals surface area contributed by atoms with Gasteiger partial charge in [0.2, 0.25) is 0 Å². The lowest BCUT2D eigenvalue weighted by atomic mass is 9.73. The molecular weight excluding hydrogens is 509 g/mol. The first kappa shape index (κ1) is 26.8. The number of rotatable bonds is 6. The van der Waals surface area contributed by atoms with Gasteiger partial charge in [-0.3, -0.25) is 9.59 Å². The second-order valence-corrected chi connectivity index (χ2v) is 10.2. The Labute approximate surface area is 224 Å². The van der Waals surface area contributed by atoms with E-state index in [2.05, 4.69) is 10.4 Å². The van der Waals surface area contributed by atoms with Crippen LogP contribution in [0.3, 0.4) is 0 Å². The van der Waals surface area contributed by atoms with Crippen LogP contribution in [0.15, 0.2) is 66.9 Å². The van der Waals surface area contributed by atoms with Crippen LogP contribution in [0.4, 0.5) is 19.0 Å². The van der Waals surface area contributed by atoms with Crippen molar-refractivity contribution >= 4 is 17.7 Å². The number of ether oxygens (including phenoxy) is 1. The van der Waals surface area contributed by atoms with E-state index in [0.717, 1.165) is 10.2 Å². The number of carbonyl (C=O) groups is 2. The fourth-order valence-electron chi connectivity index (χ4n) is 5.66. The minimum absolute atomic E-state index is 0.0638. The zero-order valence-corrected chi connectivity index (χ0v) is 21.7. The predicted octanol–water partition coefficient (Wildman–Crippen LogP) is 5.57. The van der Waals surface area contributed by atoms with Gasteiger partial charge in [0.05, 0.1) is 24.3 Å². The molecule has 10 heteroatoms. The minimum Gasteiger partial charge on any atom is -0.466 e. The van der Waals surface area contributed by atoms with Crippen molar-refractivity contribution in [2.75, 3.05) is 25.0 Å². The van der Waals surface area contributed by atoms with Crippen molar-refractivity contribution in [1.29, 1.82) is 0 Å². The van der Waals surface area contributed by atoms with Crippen LogP contribution in [0.1, 0.15) is 59.8 Å². The second-order valence-electron chi connectivity index (χ2n) is 10.2. The van der Waals surface area contributed by atoms with Crippen LogP contribution < -0.4 is 5.32 Å². The van der Waals surface area contributed by atoms with Gasteiger partial charge in [-0.05, 0) is 37.3 Å². The number of fused-ring (bicyclic) bond motifs is 1. The predicted molar refractivity (Wildman–Crippen MR) is 139 cm³/mol. The number of anilines is 1. The number of nitrogens with zero attached hydrogens (tertiary/aromatic N) is 3. The molecular formula is C29H31F3N4O3. The molecule has 1 N–H and O–H groups in total. The first-order chi connectivity index (χ1) is 18.7. The Bertz CT molecular complexity index is 1300. The number of likely N-dealkylation sites (tertiary alicyclic amines) is 1. The molecule has 1 fully saturated rings. The molecule has 3 aromatic rings. The Kier molecular flexibility index (Phi) is 7.38. The van der Waals surface area contributed by atoms with Gasteiger partial charge in [0.15, 0.2) is 6.04 Å². The molecule has 206 valence electrons. The fourth-order valence-corrected chi connectivity index (χ4v) is 5.66. The smallest absolute Gasteiger partial charge is 0.410 e. The summed E-state index contributed by atoms with van der Waals surface area (Å²) in [5, 5.41) is 7.14. The van der Waals surface area contributed by atoms with Gasteiger partial charge in [-0.1, -0.05) is 60.7 Å². The van der Waals surface area contributed by atoms with E-state index in [1.54, 1.807) is 42.2 Å². The SMILES string of the molecule is CCOC(=O)C1(Cc2ccccc2)CCN(C(=O)c2cnn3c2NC(c2ccccc2)CC3C(F)(F)F)CC1. The molecule has 0 saturated carbocycles.